The highest BCUT2D eigenvalue weighted by molar-refractivity contribution is 7.92. The summed E-state index contributed by atoms with van der Waals surface area (Å²) in [4.78, 5) is 26.2. The SMILES string of the molecule is Cc1c(NC(=O)C2CCN(S(C)(=O)=O)c3cc(Cl)ccc3O2)c(=O)n(-c2ccccc2)n1C. The van der Waals surface area contributed by atoms with E-state index in [1.807, 2.05) is 18.2 Å². The number of nitrogens with zero attached hydrogens (tertiary/aromatic N) is 3. The molecule has 1 amide bonds. The molecule has 1 atom stereocenters. The fraction of sp³-hybridized carbons (Fsp3) is 0.273. The van der Waals surface area contributed by atoms with Crippen molar-refractivity contribution in [3.63, 3.8) is 0 Å². The fourth-order valence-corrected chi connectivity index (χ4v) is 4.90. The number of carbonyl (C=O) groups is 1. The average molecular weight is 491 g/mol. The quantitative estimate of drug-likeness (QED) is 0.605. The Morgan fingerprint density at radius 3 is 2.55 bits per heavy atom. The molecule has 0 bridgehead atoms. The number of hydrogen-bond acceptors (Lipinski definition) is 5. The number of amides is 1. The molecule has 9 nitrogen and oxygen atoms in total. The molecule has 4 rings (SSSR count). The molecule has 0 spiro atoms. The molecule has 3 aromatic rings. The van der Waals surface area contributed by atoms with Crippen LogP contribution in [-0.2, 0) is 21.9 Å². The maximum Gasteiger partial charge on any atom is 0.295 e. The molecule has 1 aliphatic rings. The topological polar surface area (TPSA) is 103 Å². The Kier molecular flexibility index (Phi) is 5.98. The van der Waals surface area contributed by atoms with Crippen molar-refractivity contribution < 1.29 is 17.9 Å². The summed E-state index contributed by atoms with van der Waals surface area (Å²) in [6.45, 7) is 1.75. The molecule has 0 aliphatic carbocycles. The number of aromatic nitrogens is 2. The van der Waals surface area contributed by atoms with E-state index < -0.39 is 22.0 Å². The average Bonchev–Trinajstić information content (AvgIpc) is 2.90. The van der Waals surface area contributed by atoms with Gasteiger partial charge in [0, 0.05) is 25.0 Å². The molecular formula is C22H23ClN4O5S. The van der Waals surface area contributed by atoms with Crippen LogP contribution in [0.5, 0.6) is 5.75 Å². The first kappa shape index (κ1) is 22.9. The number of benzene rings is 2. The van der Waals surface area contributed by atoms with Crippen molar-refractivity contribution in [2.75, 3.05) is 22.4 Å². The molecule has 33 heavy (non-hydrogen) atoms. The number of ether oxygens (including phenoxy) is 1. The summed E-state index contributed by atoms with van der Waals surface area (Å²) in [5, 5.41) is 3.03. The van der Waals surface area contributed by atoms with Crippen molar-refractivity contribution in [3.8, 4) is 11.4 Å². The van der Waals surface area contributed by atoms with E-state index in [0.717, 1.165) is 10.6 Å². The Morgan fingerprint density at radius 1 is 1.18 bits per heavy atom. The molecule has 2 aromatic carbocycles. The number of halogens is 1. The van der Waals surface area contributed by atoms with Gasteiger partial charge < -0.3 is 10.1 Å². The minimum atomic E-state index is -3.63. The van der Waals surface area contributed by atoms with E-state index in [1.165, 1.54) is 16.8 Å². The lowest BCUT2D eigenvalue weighted by molar-refractivity contribution is -0.122. The van der Waals surface area contributed by atoms with E-state index >= 15 is 0 Å². The maximum atomic E-state index is 13.1. The normalized spacial score (nSPS) is 16.0. The molecule has 174 valence electrons. The van der Waals surface area contributed by atoms with Gasteiger partial charge in [-0.25, -0.2) is 13.1 Å². The van der Waals surface area contributed by atoms with Gasteiger partial charge in [0.2, 0.25) is 10.0 Å². The van der Waals surface area contributed by atoms with Crippen LogP contribution in [-0.4, -0.2) is 42.6 Å². The van der Waals surface area contributed by atoms with E-state index in [1.54, 1.807) is 36.9 Å². The summed E-state index contributed by atoms with van der Waals surface area (Å²) >= 11 is 6.06. The van der Waals surface area contributed by atoms with Crippen molar-refractivity contribution in [1.29, 1.82) is 0 Å². The van der Waals surface area contributed by atoms with Crippen LogP contribution in [0.4, 0.5) is 11.4 Å². The lowest BCUT2D eigenvalue weighted by Gasteiger charge is -2.21. The van der Waals surface area contributed by atoms with Crippen LogP contribution < -0.4 is 19.9 Å². The van der Waals surface area contributed by atoms with Gasteiger partial charge in [0.05, 0.1) is 23.3 Å². The summed E-state index contributed by atoms with van der Waals surface area (Å²) in [6.07, 6.45) is 0.155. The fourth-order valence-electron chi connectivity index (χ4n) is 3.80. The first-order valence-electron chi connectivity index (χ1n) is 10.2. The zero-order valence-corrected chi connectivity index (χ0v) is 19.9. The number of fused-ring (bicyclic) bond motifs is 1. The van der Waals surface area contributed by atoms with Gasteiger partial charge in [-0.3, -0.25) is 18.6 Å². The number of hydrogen-bond donors (Lipinski definition) is 1. The van der Waals surface area contributed by atoms with Crippen molar-refractivity contribution in [2.24, 2.45) is 7.05 Å². The van der Waals surface area contributed by atoms with Crippen LogP contribution in [0, 0.1) is 6.92 Å². The number of rotatable bonds is 4. The second-order valence-electron chi connectivity index (χ2n) is 7.77. The van der Waals surface area contributed by atoms with Gasteiger partial charge in [0.1, 0.15) is 11.4 Å². The second-order valence-corrected chi connectivity index (χ2v) is 10.1. The Hall–Kier alpha value is -3.24. The van der Waals surface area contributed by atoms with Gasteiger partial charge in [-0.15, -0.1) is 0 Å². The molecule has 2 heterocycles. The van der Waals surface area contributed by atoms with Crippen LogP contribution >= 0.6 is 11.6 Å². The van der Waals surface area contributed by atoms with Crippen LogP contribution in [0.2, 0.25) is 5.02 Å². The molecule has 1 unspecified atom stereocenters. The number of para-hydroxylation sites is 1. The number of nitrogens with one attached hydrogen (secondary N) is 1. The molecule has 0 saturated heterocycles. The molecule has 1 aliphatic heterocycles. The van der Waals surface area contributed by atoms with Gasteiger partial charge in [-0.2, -0.15) is 0 Å². The van der Waals surface area contributed by atoms with E-state index in [0.29, 0.717) is 16.4 Å². The number of sulfonamides is 1. The van der Waals surface area contributed by atoms with Crippen LogP contribution in [0.25, 0.3) is 5.69 Å². The van der Waals surface area contributed by atoms with Gasteiger partial charge in [-0.1, -0.05) is 29.8 Å². The van der Waals surface area contributed by atoms with Gasteiger partial charge in [0.15, 0.2) is 6.10 Å². The minimum absolute atomic E-state index is 0.0201. The highest BCUT2D eigenvalue weighted by Gasteiger charge is 2.32. The zero-order valence-electron chi connectivity index (χ0n) is 18.3. The summed E-state index contributed by atoms with van der Waals surface area (Å²) in [6, 6.07) is 13.6. The molecular weight excluding hydrogens is 468 g/mol. The van der Waals surface area contributed by atoms with Crippen molar-refractivity contribution in [2.45, 2.75) is 19.4 Å². The first-order valence-corrected chi connectivity index (χ1v) is 12.4. The lowest BCUT2D eigenvalue weighted by Crippen LogP contribution is -2.37. The van der Waals surface area contributed by atoms with Crippen LogP contribution in [0.15, 0.2) is 53.3 Å². The summed E-state index contributed by atoms with van der Waals surface area (Å²) < 4.78 is 34.8. The smallest absolute Gasteiger partial charge is 0.295 e. The third kappa shape index (κ3) is 4.36. The molecule has 1 N–H and O–H groups in total. The highest BCUT2D eigenvalue weighted by atomic mass is 35.5. The predicted molar refractivity (Wildman–Crippen MR) is 127 cm³/mol. The van der Waals surface area contributed by atoms with Gasteiger partial charge in [0.25, 0.3) is 11.5 Å². The van der Waals surface area contributed by atoms with E-state index in [-0.39, 0.29) is 35.6 Å². The molecule has 0 fully saturated rings. The third-order valence-electron chi connectivity index (χ3n) is 5.55. The van der Waals surface area contributed by atoms with E-state index in [9.17, 15) is 18.0 Å². The Balaban J connectivity index is 1.65. The van der Waals surface area contributed by atoms with Crippen LogP contribution in [0.1, 0.15) is 12.1 Å². The Morgan fingerprint density at radius 2 is 1.88 bits per heavy atom. The molecule has 0 saturated carbocycles. The molecule has 11 heteroatoms. The molecule has 1 aromatic heterocycles. The predicted octanol–water partition coefficient (Wildman–Crippen LogP) is 2.69. The monoisotopic (exact) mass is 490 g/mol. The van der Waals surface area contributed by atoms with E-state index in [4.69, 9.17) is 16.3 Å². The largest absolute Gasteiger partial charge is 0.478 e. The van der Waals surface area contributed by atoms with Crippen molar-refractivity contribution in [3.05, 3.63) is 69.6 Å². The van der Waals surface area contributed by atoms with Crippen molar-refractivity contribution >= 4 is 38.9 Å². The third-order valence-corrected chi connectivity index (χ3v) is 6.96. The van der Waals surface area contributed by atoms with Crippen molar-refractivity contribution in [1.82, 2.24) is 9.36 Å². The summed E-state index contributed by atoms with van der Waals surface area (Å²) in [5.41, 5.74) is 1.25. The Bertz CT molecular complexity index is 1380. The van der Waals surface area contributed by atoms with Gasteiger partial charge in [-0.05, 0) is 37.3 Å². The second kappa shape index (κ2) is 8.60. The minimum Gasteiger partial charge on any atom is -0.478 e. The van der Waals surface area contributed by atoms with E-state index in [2.05, 4.69) is 5.32 Å². The molecule has 0 radical (unpaired) electrons. The number of anilines is 2. The Labute approximate surface area is 196 Å². The van der Waals surface area contributed by atoms with Gasteiger partial charge >= 0.3 is 0 Å². The maximum absolute atomic E-state index is 13.1. The number of carbonyl (C=O) groups excluding carboxylic acids is 1. The van der Waals surface area contributed by atoms with Crippen LogP contribution in [0.3, 0.4) is 0 Å². The summed E-state index contributed by atoms with van der Waals surface area (Å²) in [5.74, 6) is -0.328. The highest BCUT2D eigenvalue weighted by Crippen LogP contribution is 2.36. The lowest BCUT2D eigenvalue weighted by atomic mass is 10.2. The summed E-state index contributed by atoms with van der Waals surface area (Å²) in [7, 11) is -1.90. The zero-order chi connectivity index (χ0) is 23.9. The first-order chi connectivity index (χ1) is 15.6. The standard InChI is InChI=1S/C22H23ClN4O5S/c1-14-20(22(29)27(25(14)2)16-7-5-4-6-8-16)24-21(28)19-11-12-26(33(3,30)31)17-13-15(23)9-10-18(17)32-19/h4-10,13,19H,11-12H2,1-3H3,(H,24,28).